The molecular weight excluding hydrogens is 240 g/mol. The molecule has 2 atom stereocenters. The van der Waals surface area contributed by atoms with Crippen molar-refractivity contribution in [2.75, 3.05) is 19.6 Å². The molecule has 1 fully saturated rings. The van der Waals surface area contributed by atoms with Gasteiger partial charge >= 0.3 is 0 Å². The van der Waals surface area contributed by atoms with Crippen molar-refractivity contribution in [2.24, 2.45) is 5.92 Å². The minimum atomic E-state index is 0.614. The largest absolute Gasteiger partial charge is 0.314 e. The summed E-state index contributed by atoms with van der Waals surface area (Å²) in [6.07, 6.45) is 2.57. The van der Waals surface area contributed by atoms with Crippen LogP contribution in [-0.4, -0.2) is 36.6 Å². The Bertz CT molecular complexity index is 334. The van der Waals surface area contributed by atoms with Crippen LogP contribution in [0.4, 0.5) is 0 Å². The summed E-state index contributed by atoms with van der Waals surface area (Å²) in [6.45, 7) is 10.6. The van der Waals surface area contributed by atoms with Gasteiger partial charge in [0.25, 0.3) is 0 Å². The highest BCUT2D eigenvalue weighted by molar-refractivity contribution is 7.09. The third-order valence-corrected chi connectivity index (χ3v) is 4.73. The van der Waals surface area contributed by atoms with Crippen molar-refractivity contribution in [2.45, 2.75) is 45.7 Å². The fraction of sp³-hybridized carbons (Fsp3) is 0.733. The lowest BCUT2D eigenvalue weighted by molar-refractivity contribution is 0.247. The van der Waals surface area contributed by atoms with E-state index in [-0.39, 0.29) is 0 Å². The van der Waals surface area contributed by atoms with E-state index in [9.17, 15) is 0 Å². The van der Waals surface area contributed by atoms with E-state index >= 15 is 0 Å². The number of likely N-dealkylation sites (tertiary alicyclic amines) is 1. The van der Waals surface area contributed by atoms with Crippen molar-refractivity contribution >= 4 is 11.3 Å². The van der Waals surface area contributed by atoms with Crippen LogP contribution in [0.1, 0.15) is 32.1 Å². The molecule has 2 nitrogen and oxygen atoms in total. The predicted molar refractivity (Wildman–Crippen MR) is 80.3 cm³/mol. The van der Waals surface area contributed by atoms with Gasteiger partial charge in [0.1, 0.15) is 0 Å². The Balaban J connectivity index is 1.74. The number of thiophene rings is 1. The summed E-state index contributed by atoms with van der Waals surface area (Å²) in [5.74, 6) is 0.846. The Morgan fingerprint density at radius 1 is 1.44 bits per heavy atom. The molecule has 1 saturated heterocycles. The summed E-state index contributed by atoms with van der Waals surface area (Å²) in [5.41, 5.74) is 0. The summed E-state index contributed by atoms with van der Waals surface area (Å²) in [7, 11) is 0. The molecular formula is C15H26N2S. The quantitative estimate of drug-likeness (QED) is 0.851. The molecule has 1 aliphatic heterocycles. The molecule has 0 aliphatic carbocycles. The molecule has 0 aromatic carbocycles. The second kappa shape index (κ2) is 6.69. The Morgan fingerprint density at radius 2 is 2.28 bits per heavy atom. The third kappa shape index (κ3) is 4.08. The average Bonchev–Trinajstić information content (AvgIpc) is 2.96. The van der Waals surface area contributed by atoms with Gasteiger partial charge in [-0.2, -0.15) is 0 Å². The van der Waals surface area contributed by atoms with E-state index in [1.807, 2.05) is 11.3 Å². The zero-order valence-electron chi connectivity index (χ0n) is 11.9. The van der Waals surface area contributed by atoms with Crippen molar-refractivity contribution in [3.63, 3.8) is 0 Å². The number of hydrogen-bond acceptors (Lipinski definition) is 3. The van der Waals surface area contributed by atoms with Crippen LogP contribution in [0, 0.1) is 5.92 Å². The van der Waals surface area contributed by atoms with E-state index in [2.05, 4.69) is 48.5 Å². The van der Waals surface area contributed by atoms with Crippen molar-refractivity contribution in [3.8, 4) is 0 Å². The van der Waals surface area contributed by atoms with Crippen molar-refractivity contribution < 1.29 is 0 Å². The van der Waals surface area contributed by atoms with Crippen LogP contribution in [0.15, 0.2) is 17.5 Å². The molecule has 0 saturated carbocycles. The zero-order valence-corrected chi connectivity index (χ0v) is 12.7. The highest BCUT2D eigenvalue weighted by Crippen LogP contribution is 2.21. The smallest absolute Gasteiger partial charge is 0.0115 e. The highest BCUT2D eigenvalue weighted by Gasteiger charge is 2.25. The van der Waals surface area contributed by atoms with Crippen LogP contribution >= 0.6 is 11.3 Å². The molecule has 2 unspecified atom stereocenters. The maximum atomic E-state index is 3.57. The van der Waals surface area contributed by atoms with Gasteiger partial charge in [-0.15, -0.1) is 11.3 Å². The summed E-state index contributed by atoms with van der Waals surface area (Å²) < 4.78 is 0. The van der Waals surface area contributed by atoms with Gasteiger partial charge < -0.3 is 5.32 Å². The molecule has 1 aromatic rings. The zero-order chi connectivity index (χ0) is 13.0. The number of hydrogen-bond donors (Lipinski definition) is 1. The van der Waals surface area contributed by atoms with Crippen LogP contribution < -0.4 is 5.32 Å². The van der Waals surface area contributed by atoms with Gasteiger partial charge in [0.15, 0.2) is 0 Å². The van der Waals surface area contributed by atoms with Crippen LogP contribution in [-0.2, 0) is 6.42 Å². The second-order valence-electron chi connectivity index (χ2n) is 5.85. The SMILES string of the molecule is CC(C)NCC1CCN(C(C)Cc2cccs2)C1. The standard InChI is InChI=1S/C15H26N2S/c1-12(2)16-10-14-6-7-17(11-14)13(3)9-15-5-4-8-18-15/h4-5,8,12-14,16H,6-7,9-11H2,1-3H3. The molecule has 18 heavy (non-hydrogen) atoms. The van der Waals surface area contributed by atoms with Crippen molar-refractivity contribution in [3.05, 3.63) is 22.4 Å². The van der Waals surface area contributed by atoms with Crippen LogP contribution in [0.3, 0.4) is 0 Å². The van der Waals surface area contributed by atoms with Gasteiger partial charge in [-0.1, -0.05) is 19.9 Å². The molecule has 3 heteroatoms. The fourth-order valence-corrected chi connectivity index (χ4v) is 3.51. The molecule has 1 N–H and O–H groups in total. The third-order valence-electron chi connectivity index (χ3n) is 3.83. The van der Waals surface area contributed by atoms with E-state index in [0.717, 1.165) is 5.92 Å². The van der Waals surface area contributed by atoms with Crippen LogP contribution in [0.5, 0.6) is 0 Å². The minimum absolute atomic E-state index is 0.614. The lowest BCUT2D eigenvalue weighted by Gasteiger charge is -2.24. The van der Waals surface area contributed by atoms with E-state index in [0.29, 0.717) is 12.1 Å². The predicted octanol–water partition coefficient (Wildman–Crippen LogP) is 3.00. The summed E-state index contributed by atoms with van der Waals surface area (Å²) in [5, 5.41) is 5.75. The van der Waals surface area contributed by atoms with Gasteiger partial charge in [0.2, 0.25) is 0 Å². The lowest BCUT2D eigenvalue weighted by Crippen LogP contribution is -2.35. The summed E-state index contributed by atoms with van der Waals surface area (Å²) in [4.78, 5) is 4.18. The summed E-state index contributed by atoms with van der Waals surface area (Å²) in [6, 6.07) is 5.72. The van der Waals surface area contributed by atoms with Gasteiger partial charge in [-0.25, -0.2) is 0 Å². The Hall–Kier alpha value is -0.380. The molecule has 2 rings (SSSR count). The van der Waals surface area contributed by atoms with Gasteiger partial charge in [0, 0.05) is 23.5 Å². The minimum Gasteiger partial charge on any atom is -0.314 e. The van der Waals surface area contributed by atoms with Crippen molar-refractivity contribution in [1.29, 1.82) is 0 Å². The Morgan fingerprint density at radius 3 is 2.94 bits per heavy atom. The molecule has 0 bridgehead atoms. The second-order valence-corrected chi connectivity index (χ2v) is 6.88. The molecule has 0 amide bonds. The highest BCUT2D eigenvalue weighted by atomic mass is 32.1. The molecule has 1 aliphatic rings. The van der Waals surface area contributed by atoms with E-state index < -0.39 is 0 Å². The first kappa shape index (κ1) is 14.0. The Labute approximate surface area is 115 Å². The molecule has 1 aromatic heterocycles. The topological polar surface area (TPSA) is 15.3 Å². The van der Waals surface area contributed by atoms with Crippen molar-refractivity contribution in [1.82, 2.24) is 10.2 Å². The van der Waals surface area contributed by atoms with Gasteiger partial charge in [-0.3, -0.25) is 4.90 Å². The number of nitrogens with zero attached hydrogens (tertiary/aromatic N) is 1. The first-order chi connectivity index (χ1) is 8.65. The molecule has 102 valence electrons. The van der Waals surface area contributed by atoms with Gasteiger partial charge in [0.05, 0.1) is 0 Å². The maximum absolute atomic E-state index is 3.57. The fourth-order valence-electron chi connectivity index (χ4n) is 2.68. The number of nitrogens with one attached hydrogen (secondary N) is 1. The van der Waals surface area contributed by atoms with Gasteiger partial charge in [-0.05, 0) is 50.2 Å². The monoisotopic (exact) mass is 266 g/mol. The normalized spacial score (nSPS) is 22.8. The van der Waals surface area contributed by atoms with Crippen LogP contribution in [0.25, 0.3) is 0 Å². The van der Waals surface area contributed by atoms with Crippen LogP contribution in [0.2, 0.25) is 0 Å². The molecule has 0 radical (unpaired) electrons. The average molecular weight is 266 g/mol. The lowest BCUT2D eigenvalue weighted by atomic mass is 10.1. The maximum Gasteiger partial charge on any atom is 0.0115 e. The first-order valence-corrected chi connectivity index (χ1v) is 8.03. The first-order valence-electron chi connectivity index (χ1n) is 7.15. The summed E-state index contributed by atoms with van der Waals surface area (Å²) >= 11 is 1.89. The number of rotatable bonds is 6. The van der Waals surface area contributed by atoms with E-state index in [4.69, 9.17) is 0 Å². The van der Waals surface area contributed by atoms with E-state index in [1.165, 1.54) is 37.4 Å². The Kier molecular flexibility index (Phi) is 5.22. The molecule has 2 heterocycles. The van der Waals surface area contributed by atoms with E-state index in [1.54, 1.807) is 0 Å². The molecule has 0 spiro atoms.